The lowest BCUT2D eigenvalue weighted by Gasteiger charge is -2.25. The molecular weight excluding hydrogens is 252 g/mol. The van der Waals surface area contributed by atoms with Gasteiger partial charge in [0.15, 0.2) is 0 Å². The van der Waals surface area contributed by atoms with Crippen molar-refractivity contribution in [3.63, 3.8) is 0 Å². The molecule has 2 unspecified atom stereocenters. The molecule has 96 valence electrons. The largest absolute Gasteiger partial charge is 0.369 e. The number of carbonyl (C=O) groups is 2. The molecule has 1 aromatic carbocycles. The van der Waals surface area contributed by atoms with Gasteiger partial charge < -0.3 is 10.6 Å². The summed E-state index contributed by atoms with van der Waals surface area (Å²) in [4.78, 5) is 24.7. The summed E-state index contributed by atoms with van der Waals surface area (Å²) in [5, 5.41) is 0.625. The predicted molar refractivity (Wildman–Crippen MR) is 68.9 cm³/mol. The molecule has 0 radical (unpaired) electrons. The van der Waals surface area contributed by atoms with E-state index < -0.39 is 5.91 Å². The van der Waals surface area contributed by atoms with Crippen LogP contribution in [0.2, 0.25) is 5.02 Å². The highest BCUT2D eigenvalue weighted by atomic mass is 35.5. The van der Waals surface area contributed by atoms with Gasteiger partial charge in [-0.05, 0) is 18.6 Å². The van der Waals surface area contributed by atoms with Gasteiger partial charge in [-0.25, -0.2) is 0 Å². The number of nitrogens with zero attached hydrogens (tertiary/aromatic N) is 1. The smallest absolute Gasteiger partial charge is 0.223 e. The zero-order valence-corrected chi connectivity index (χ0v) is 10.9. The monoisotopic (exact) mass is 266 g/mol. The number of likely N-dealkylation sites (tertiary alicyclic amines) is 1. The van der Waals surface area contributed by atoms with E-state index in [0.717, 1.165) is 5.56 Å². The number of carbonyl (C=O) groups excluding carboxylic acids is 2. The lowest BCUT2D eigenvalue weighted by Crippen LogP contribution is -2.30. The van der Waals surface area contributed by atoms with Gasteiger partial charge in [0.2, 0.25) is 11.8 Å². The van der Waals surface area contributed by atoms with Crippen molar-refractivity contribution in [1.29, 1.82) is 0 Å². The van der Waals surface area contributed by atoms with Crippen LogP contribution in [0, 0.1) is 5.92 Å². The molecule has 2 amide bonds. The molecule has 2 rings (SSSR count). The number of hydrogen-bond donors (Lipinski definition) is 1. The van der Waals surface area contributed by atoms with Crippen LogP contribution in [0.15, 0.2) is 24.3 Å². The van der Waals surface area contributed by atoms with Gasteiger partial charge in [-0.3, -0.25) is 9.59 Å². The maximum absolute atomic E-state index is 11.9. The minimum Gasteiger partial charge on any atom is -0.369 e. The van der Waals surface area contributed by atoms with E-state index in [2.05, 4.69) is 0 Å². The fraction of sp³-hybridized carbons (Fsp3) is 0.385. The minimum atomic E-state index is -0.419. The summed E-state index contributed by atoms with van der Waals surface area (Å²) >= 11 is 6.11. The van der Waals surface area contributed by atoms with Gasteiger partial charge in [-0.2, -0.15) is 0 Å². The Morgan fingerprint density at radius 3 is 2.72 bits per heavy atom. The number of nitrogens with two attached hydrogens (primary N) is 1. The normalized spacial score (nSPS) is 21.1. The van der Waals surface area contributed by atoms with Crippen LogP contribution in [-0.4, -0.2) is 23.3 Å². The van der Waals surface area contributed by atoms with Crippen LogP contribution < -0.4 is 5.73 Å². The highest BCUT2D eigenvalue weighted by Crippen LogP contribution is 2.31. The lowest BCUT2D eigenvalue weighted by molar-refractivity contribution is -0.130. The molecule has 18 heavy (non-hydrogen) atoms. The van der Waals surface area contributed by atoms with Crippen LogP contribution in [0.25, 0.3) is 0 Å². The first-order valence-corrected chi connectivity index (χ1v) is 6.21. The molecule has 1 aliphatic rings. The van der Waals surface area contributed by atoms with Gasteiger partial charge in [-0.1, -0.05) is 29.8 Å². The third kappa shape index (κ3) is 2.34. The summed E-state index contributed by atoms with van der Waals surface area (Å²) in [5.41, 5.74) is 6.13. The molecule has 1 aromatic rings. The van der Waals surface area contributed by atoms with Crippen LogP contribution in [0.1, 0.15) is 24.9 Å². The number of primary amides is 1. The topological polar surface area (TPSA) is 63.4 Å². The second-order valence-corrected chi connectivity index (χ2v) is 4.95. The molecule has 4 nitrogen and oxygen atoms in total. The van der Waals surface area contributed by atoms with E-state index in [9.17, 15) is 9.59 Å². The number of benzene rings is 1. The van der Waals surface area contributed by atoms with E-state index in [1.54, 1.807) is 11.0 Å². The molecule has 2 atom stereocenters. The number of amides is 2. The predicted octanol–water partition coefficient (Wildman–Crippen LogP) is 1.73. The molecule has 1 fully saturated rings. The Morgan fingerprint density at radius 2 is 2.17 bits per heavy atom. The van der Waals surface area contributed by atoms with Crippen LogP contribution in [0.4, 0.5) is 0 Å². The Balaban J connectivity index is 2.20. The molecule has 1 saturated heterocycles. The molecule has 1 heterocycles. The summed E-state index contributed by atoms with van der Waals surface area (Å²) < 4.78 is 0. The average Bonchev–Trinajstić information content (AvgIpc) is 2.71. The number of halogens is 1. The van der Waals surface area contributed by atoms with E-state index in [1.165, 1.54) is 0 Å². The van der Waals surface area contributed by atoms with E-state index in [0.29, 0.717) is 11.6 Å². The van der Waals surface area contributed by atoms with Crippen LogP contribution in [-0.2, 0) is 9.59 Å². The summed E-state index contributed by atoms with van der Waals surface area (Å²) in [6.07, 6.45) is 0.199. The molecule has 2 N–H and O–H groups in total. The maximum Gasteiger partial charge on any atom is 0.223 e. The first kappa shape index (κ1) is 12.9. The summed E-state index contributed by atoms with van der Waals surface area (Å²) in [7, 11) is 0. The van der Waals surface area contributed by atoms with E-state index in [1.807, 2.05) is 25.1 Å². The standard InChI is InChI=1S/C13H15ClN2O2/c1-8(10-4-2-3-5-11(10)14)16-7-9(13(15)18)6-12(16)17/h2-5,8-9H,6-7H2,1H3,(H2,15,18). The second-order valence-electron chi connectivity index (χ2n) is 4.55. The fourth-order valence-electron chi connectivity index (χ4n) is 2.28. The summed E-state index contributed by atoms with van der Waals surface area (Å²) in [6, 6.07) is 7.26. The number of hydrogen-bond acceptors (Lipinski definition) is 2. The summed E-state index contributed by atoms with van der Waals surface area (Å²) in [6.45, 7) is 2.28. The Labute approximate surface area is 111 Å². The first-order valence-electron chi connectivity index (χ1n) is 5.84. The van der Waals surface area contributed by atoms with Crippen molar-refractivity contribution < 1.29 is 9.59 Å². The van der Waals surface area contributed by atoms with Gasteiger partial charge in [0.1, 0.15) is 0 Å². The van der Waals surface area contributed by atoms with Crippen molar-refractivity contribution in [2.75, 3.05) is 6.54 Å². The van der Waals surface area contributed by atoms with E-state index >= 15 is 0 Å². The van der Waals surface area contributed by atoms with Crippen molar-refractivity contribution in [3.8, 4) is 0 Å². The molecule has 0 saturated carbocycles. The molecule has 0 aliphatic carbocycles. The van der Waals surface area contributed by atoms with Crippen LogP contribution in [0.5, 0.6) is 0 Å². The van der Waals surface area contributed by atoms with Crippen molar-refractivity contribution in [3.05, 3.63) is 34.9 Å². The Kier molecular flexibility index (Phi) is 3.57. The van der Waals surface area contributed by atoms with Gasteiger partial charge in [0.05, 0.1) is 12.0 Å². The Bertz CT molecular complexity index is 490. The van der Waals surface area contributed by atoms with E-state index in [-0.39, 0.29) is 24.3 Å². The maximum atomic E-state index is 11.9. The average molecular weight is 267 g/mol. The van der Waals surface area contributed by atoms with Gasteiger partial charge >= 0.3 is 0 Å². The van der Waals surface area contributed by atoms with Crippen LogP contribution >= 0.6 is 11.6 Å². The molecule has 0 spiro atoms. The number of rotatable bonds is 3. The van der Waals surface area contributed by atoms with Gasteiger partial charge in [0.25, 0.3) is 0 Å². The Hall–Kier alpha value is -1.55. The van der Waals surface area contributed by atoms with Crippen LogP contribution in [0.3, 0.4) is 0 Å². The lowest BCUT2D eigenvalue weighted by atomic mass is 10.1. The van der Waals surface area contributed by atoms with E-state index in [4.69, 9.17) is 17.3 Å². The van der Waals surface area contributed by atoms with Crippen molar-refractivity contribution in [2.24, 2.45) is 11.7 Å². The summed E-state index contributed by atoms with van der Waals surface area (Å²) in [5.74, 6) is -0.856. The fourth-order valence-corrected chi connectivity index (χ4v) is 2.57. The molecule has 0 bridgehead atoms. The third-order valence-corrected chi connectivity index (χ3v) is 3.73. The van der Waals surface area contributed by atoms with Gasteiger partial charge in [0, 0.05) is 18.0 Å². The molecule has 0 aromatic heterocycles. The highest BCUT2D eigenvalue weighted by molar-refractivity contribution is 6.31. The quantitative estimate of drug-likeness (QED) is 0.906. The SMILES string of the molecule is CC(c1ccccc1Cl)N1CC(C(N)=O)CC1=O. The Morgan fingerprint density at radius 1 is 1.50 bits per heavy atom. The van der Waals surface area contributed by atoms with Crippen molar-refractivity contribution >= 4 is 23.4 Å². The van der Waals surface area contributed by atoms with Crippen molar-refractivity contribution in [2.45, 2.75) is 19.4 Å². The minimum absolute atomic E-state index is 0.0498. The highest BCUT2D eigenvalue weighted by Gasteiger charge is 2.36. The zero-order chi connectivity index (χ0) is 13.3. The van der Waals surface area contributed by atoms with Gasteiger partial charge in [-0.15, -0.1) is 0 Å². The molecule has 5 heteroatoms. The molecule has 1 aliphatic heterocycles. The zero-order valence-electron chi connectivity index (χ0n) is 10.1. The van der Waals surface area contributed by atoms with Crippen molar-refractivity contribution in [1.82, 2.24) is 4.90 Å². The second kappa shape index (κ2) is 4.98. The first-order chi connectivity index (χ1) is 8.50. The third-order valence-electron chi connectivity index (χ3n) is 3.38. The molecular formula is C13H15ClN2O2.